The summed E-state index contributed by atoms with van der Waals surface area (Å²) in [6, 6.07) is 12.2. The van der Waals surface area contributed by atoms with Gasteiger partial charge in [-0.05, 0) is 49.2 Å². The average molecular weight is 489 g/mol. The monoisotopic (exact) mass is 488 g/mol. The first-order valence-electron chi connectivity index (χ1n) is 10.5. The summed E-state index contributed by atoms with van der Waals surface area (Å²) in [6.07, 6.45) is 2.50. The molecule has 0 N–H and O–H groups in total. The number of rotatable bonds is 10. The van der Waals surface area contributed by atoms with Gasteiger partial charge in [0.05, 0.1) is 30.0 Å². The van der Waals surface area contributed by atoms with Crippen molar-refractivity contribution in [2.75, 3.05) is 25.7 Å². The van der Waals surface area contributed by atoms with Gasteiger partial charge in [-0.3, -0.25) is 15.1 Å². The Balaban J connectivity index is 2.13. The quantitative estimate of drug-likeness (QED) is 0.304. The van der Waals surface area contributed by atoms with E-state index < -0.39 is 26.5 Å². The average Bonchev–Trinajstić information content (AvgIpc) is 2.78. The highest BCUT2D eigenvalue weighted by Gasteiger charge is 2.27. The lowest BCUT2D eigenvalue weighted by Crippen LogP contribution is -2.17. The van der Waals surface area contributed by atoms with Gasteiger partial charge in [-0.25, -0.2) is 12.8 Å². The van der Waals surface area contributed by atoms with Gasteiger partial charge >= 0.3 is 0 Å². The van der Waals surface area contributed by atoms with Gasteiger partial charge in [0, 0.05) is 23.9 Å². The molecule has 0 fully saturated rings. The number of nitro benzene ring substituents is 1. The highest BCUT2D eigenvalue weighted by atomic mass is 32.2. The van der Waals surface area contributed by atoms with Crippen LogP contribution in [0.15, 0.2) is 54.7 Å². The van der Waals surface area contributed by atoms with Crippen LogP contribution in [0.2, 0.25) is 0 Å². The van der Waals surface area contributed by atoms with Crippen molar-refractivity contribution in [2.45, 2.75) is 19.3 Å². The molecule has 0 spiro atoms. The normalized spacial score (nSPS) is 12.2. The number of benzene rings is 2. The summed E-state index contributed by atoms with van der Waals surface area (Å²) in [7, 11) is -1.95. The maximum atomic E-state index is 14.4. The number of sulfone groups is 1. The molecular formula is C24H25FN2O6S. The molecule has 10 heteroatoms. The molecule has 2 aromatic carbocycles. The number of halogens is 1. The van der Waals surface area contributed by atoms with Crippen molar-refractivity contribution in [3.05, 3.63) is 81.8 Å². The molecule has 0 radical (unpaired) electrons. The van der Waals surface area contributed by atoms with Crippen LogP contribution in [0, 0.1) is 15.9 Å². The minimum absolute atomic E-state index is 0.0310. The molecule has 0 saturated carbocycles. The second-order valence-electron chi connectivity index (χ2n) is 7.74. The number of hydrogen-bond donors (Lipinski definition) is 0. The molecule has 3 aromatic rings. The number of methoxy groups -OCH3 is 1. The summed E-state index contributed by atoms with van der Waals surface area (Å²) < 4.78 is 49.8. The van der Waals surface area contributed by atoms with E-state index >= 15 is 0 Å². The van der Waals surface area contributed by atoms with Crippen LogP contribution in [-0.2, 0) is 16.3 Å². The zero-order chi connectivity index (χ0) is 24.9. The van der Waals surface area contributed by atoms with E-state index in [1.165, 1.54) is 31.5 Å². The zero-order valence-electron chi connectivity index (χ0n) is 19.0. The Morgan fingerprint density at radius 3 is 2.53 bits per heavy atom. The molecule has 0 aliphatic carbocycles. The van der Waals surface area contributed by atoms with Crippen LogP contribution in [0.3, 0.4) is 0 Å². The molecule has 1 aromatic heterocycles. The second kappa shape index (κ2) is 10.6. The zero-order valence-corrected chi connectivity index (χ0v) is 19.8. The van der Waals surface area contributed by atoms with Crippen LogP contribution in [0.4, 0.5) is 10.1 Å². The molecule has 34 heavy (non-hydrogen) atoms. The Bertz CT molecular complexity index is 1300. The van der Waals surface area contributed by atoms with Crippen molar-refractivity contribution in [2.24, 2.45) is 0 Å². The summed E-state index contributed by atoms with van der Waals surface area (Å²) in [4.78, 5) is 15.4. The first kappa shape index (κ1) is 25.1. The van der Waals surface area contributed by atoms with Crippen LogP contribution in [-0.4, -0.2) is 44.1 Å². The number of ether oxygens (including phenoxy) is 2. The Labute approximate surface area is 197 Å². The van der Waals surface area contributed by atoms with E-state index in [0.717, 1.165) is 6.26 Å². The SMILES string of the molecule is CCOc1cc([C@H](Cc2cccc(-c3ncccc3F)c2[N+](=O)[O-])CS(C)(=O)=O)ccc1OC. The van der Waals surface area contributed by atoms with Gasteiger partial charge in [0.25, 0.3) is 5.69 Å². The minimum atomic E-state index is -3.45. The Hall–Kier alpha value is -3.53. The number of nitrogens with zero attached hydrogens (tertiary/aromatic N) is 2. The lowest BCUT2D eigenvalue weighted by atomic mass is 9.91. The third-order valence-electron chi connectivity index (χ3n) is 5.24. The van der Waals surface area contributed by atoms with Crippen LogP contribution in [0.5, 0.6) is 11.5 Å². The molecule has 0 amide bonds. The summed E-state index contributed by atoms with van der Waals surface area (Å²) >= 11 is 0. The van der Waals surface area contributed by atoms with Gasteiger partial charge in [0.2, 0.25) is 0 Å². The maximum absolute atomic E-state index is 14.4. The van der Waals surface area contributed by atoms with Crippen molar-refractivity contribution in [1.29, 1.82) is 0 Å². The number of pyridine rings is 1. The largest absolute Gasteiger partial charge is 0.493 e. The van der Waals surface area contributed by atoms with Gasteiger partial charge in [0.15, 0.2) is 11.5 Å². The highest BCUT2D eigenvalue weighted by Crippen LogP contribution is 2.38. The maximum Gasteiger partial charge on any atom is 0.282 e. The smallest absolute Gasteiger partial charge is 0.282 e. The Morgan fingerprint density at radius 2 is 1.91 bits per heavy atom. The van der Waals surface area contributed by atoms with Gasteiger partial charge in [0.1, 0.15) is 21.3 Å². The predicted molar refractivity (Wildman–Crippen MR) is 127 cm³/mol. The minimum Gasteiger partial charge on any atom is -0.493 e. The highest BCUT2D eigenvalue weighted by molar-refractivity contribution is 7.90. The standard InChI is InChI=1S/C24H25FN2O6S/c1-4-33-22-14-16(10-11-21(22)32-2)18(15-34(3,30)31)13-17-7-5-8-19(24(17)27(28)29)23-20(25)9-6-12-26-23/h5-12,14,18H,4,13,15H2,1-3H3/t18-/m1/s1. The predicted octanol–water partition coefficient (Wildman–Crippen LogP) is 4.57. The Morgan fingerprint density at radius 1 is 1.15 bits per heavy atom. The summed E-state index contributed by atoms with van der Waals surface area (Å²) in [6.45, 7) is 2.19. The molecule has 0 aliphatic heterocycles. The topological polar surface area (TPSA) is 109 Å². The fourth-order valence-corrected chi connectivity index (χ4v) is 4.91. The van der Waals surface area contributed by atoms with Gasteiger partial charge < -0.3 is 9.47 Å². The lowest BCUT2D eigenvalue weighted by molar-refractivity contribution is -0.384. The van der Waals surface area contributed by atoms with E-state index in [4.69, 9.17) is 9.47 Å². The van der Waals surface area contributed by atoms with E-state index in [0.29, 0.717) is 23.7 Å². The van der Waals surface area contributed by atoms with Crippen LogP contribution in [0.25, 0.3) is 11.3 Å². The van der Waals surface area contributed by atoms with Crippen LogP contribution >= 0.6 is 0 Å². The summed E-state index contributed by atoms with van der Waals surface area (Å²) in [5.74, 6) is -0.624. The van der Waals surface area contributed by atoms with E-state index in [9.17, 15) is 22.9 Å². The third-order valence-corrected chi connectivity index (χ3v) is 6.25. The van der Waals surface area contributed by atoms with Crippen molar-refractivity contribution >= 4 is 15.5 Å². The Kier molecular flexibility index (Phi) is 7.83. The van der Waals surface area contributed by atoms with E-state index in [1.807, 2.05) is 6.92 Å². The molecule has 8 nitrogen and oxygen atoms in total. The summed E-state index contributed by atoms with van der Waals surface area (Å²) in [5, 5.41) is 12.1. The molecule has 1 atom stereocenters. The molecular weight excluding hydrogens is 463 g/mol. The fourth-order valence-electron chi connectivity index (χ4n) is 3.87. The van der Waals surface area contributed by atoms with E-state index in [2.05, 4.69) is 4.98 Å². The molecule has 3 rings (SSSR count). The van der Waals surface area contributed by atoms with Gasteiger partial charge in [-0.2, -0.15) is 0 Å². The number of hydrogen-bond acceptors (Lipinski definition) is 7. The first-order chi connectivity index (χ1) is 16.1. The van der Waals surface area contributed by atoms with E-state index in [1.54, 1.807) is 30.3 Å². The van der Waals surface area contributed by atoms with Crippen molar-refractivity contribution < 1.29 is 27.2 Å². The number of nitro groups is 1. The number of aromatic nitrogens is 1. The second-order valence-corrected chi connectivity index (χ2v) is 9.93. The molecule has 0 unspecified atom stereocenters. The fraction of sp³-hybridized carbons (Fsp3) is 0.292. The third kappa shape index (κ3) is 5.88. The van der Waals surface area contributed by atoms with Crippen LogP contribution in [0.1, 0.15) is 24.0 Å². The van der Waals surface area contributed by atoms with Gasteiger partial charge in [-0.1, -0.05) is 18.2 Å². The molecule has 0 saturated heterocycles. The molecule has 180 valence electrons. The van der Waals surface area contributed by atoms with Crippen molar-refractivity contribution in [3.8, 4) is 22.8 Å². The summed E-state index contributed by atoms with van der Waals surface area (Å²) in [5.41, 5.74) is 0.479. The van der Waals surface area contributed by atoms with Crippen molar-refractivity contribution in [1.82, 2.24) is 4.98 Å². The van der Waals surface area contributed by atoms with Crippen molar-refractivity contribution in [3.63, 3.8) is 0 Å². The molecule has 0 aliphatic rings. The molecule has 1 heterocycles. The molecule has 0 bridgehead atoms. The lowest BCUT2D eigenvalue weighted by Gasteiger charge is -2.19. The van der Waals surface area contributed by atoms with Crippen LogP contribution < -0.4 is 9.47 Å². The first-order valence-corrected chi connectivity index (χ1v) is 12.6. The number of para-hydroxylation sites is 1. The van der Waals surface area contributed by atoms with E-state index in [-0.39, 0.29) is 34.7 Å². The van der Waals surface area contributed by atoms with Gasteiger partial charge in [-0.15, -0.1) is 0 Å².